The predicted octanol–water partition coefficient (Wildman–Crippen LogP) is 5.40. The van der Waals surface area contributed by atoms with Crippen LogP contribution in [0.3, 0.4) is 0 Å². The van der Waals surface area contributed by atoms with Crippen LogP contribution < -0.4 is 0 Å². The Morgan fingerprint density at radius 2 is 1.73 bits per heavy atom. The molecule has 1 unspecified atom stereocenters. The van der Waals surface area contributed by atoms with E-state index < -0.39 is 10.0 Å². The third-order valence-corrected chi connectivity index (χ3v) is 6.80. The van der Waals surface area contributed by atoms with E-state index in [9.17, 15) is 8.42 Å². The first-order valence-corrected chi connectivity index (χ1v) is 11.0. The van der Waals surface area contributed by atoms with Crippen LogP contribution in [0.4, 0.5) is 0 Å². The van der Waals surface area contributed by atoms with Gasteiger partial charge < -0.3 is 0 Å². The minimum atomic E-state index is -3.48. The number of sulfonamides is 1. The Bertz CT molecular complexity index is 732. The summed E-state index contributed by atoms with van der Waals surface area (Å²) in [5.41, 5.74) is 2.06. The molecule has 2 rings (SSSR count). The lowest BCUT2D eigenvalue weighted by Crippen LogP contribution is -2.36. The van der Waals surface area contributed by atoms with Crippen LogP contribution in [0.2, 0.25) is 0 Å². The largest absolute Gasteiger partial charge is 0.243 e. The second-order valence-corrected chi connectivity index (χ2v) is 8.90. The van der Waals surface area contributed by atoms with Gasteiger partial charge in [-0.2, -0.15) is 4.31 Å². The van der Waals surface area contributed by atoms with Gasteiger partial charge in [0.1, 0.15) is 0 Å². The third kappa shape index (κ3) is 5.42. The molecule has 0 spiro atoms. The highest BCUT2D eigenvalue weighted by Crippen LogP contribution is 2.29. The van der Waals surface area contributed by atoms with E-state index in [1.807, 2.05) is 25.1 Å². The molecule has 26 heavy (non-hydrogen) atoms. The van der Waals surface area contributed by atoms with Crippen LogP contribution in [0.15, 0.2) is 66.1 Å². The first-order chi connectivity index (χ1) is 12.5. The lowest BCUT2D eigenvalue weighted by molar-refractivity contribution is 0.381. The average Bonchev–Trinajstić information content (AvgIpc) is 3.05. The minimum Gasteiger partial charge on any atom is -0.207 e. The predicted molar refractivity (Wildman–Crippen MR) is 110 cm³/mol. The number of rotatable bonds is 11. The Morgan fingerprint density at radius 1 is 1.08 bits per heavy atom. The van der Waals surface area contributed by atoms with Gasteiger partial charge in [0.15, 0.2) is 0 Å². The highest BCUT2D eigenvalue weighted by molar-refractivity contribution is 7.89. The van der Waals surface area contributed by atoms with Crippen molar-refractivity contribution in [2.75, 3.05) is 6.54 Å². The molecule has 0 saturated heterocycles. The molecule has 0 N–H and O–H groups in total. The summed E-state index contributed by atoms with van der Waals surface area (Å²) in [6, 6.07) is 7.04. The maximum absolute atomic E-state index is 13.1. The van der Waals surface area contributed by atoms with Crippen molar-refractivity contribution < 1.29 is 8.42 Å². The number of aryl methyl sites for hydroxylation is 1. The van der Waals surface area contributed by atoms with E-state index >= 15 is 0 Å². The molecule has 1 atom stereocenters. The smallest absolute Gasteiger partial charge is 0.207 e. The second-order valence-electron chi connectivity index (χ2n) is 7.01. The van der Waals surface area contributed by atoms with E-state index in [1.165, 1.54) is 19.3 Å². The van der Waals surface area contributed by atoms with Gasteiger partial charge >= 0.3 is 0 Å². The minimum absolute atomic E-state index is 0.0671. The molecular weight excluding hydrogens is 342 g/mol. The summed E-state index contributed by atoms with van der Waals surface area (Å²) in [4.78, 5) is 0.372. The van der Waals surface area contributed by atoms with E-state index in [4.69, 9.17) is 0 Å². The summed E-state index contributed by atoms with van der Waals surface area (Å²) in [5.74, 6) is 0. The summed E-state index contributed by atoms with van der Waals surface area (Å²) in [5, 5.41) is 0. The second kappa shape index (κ2) is 9.89. The molecule has 1 aliphatic heterocycles. The molecule has 1 aromatic rings. The Labute approximate surface area is 159 Å². The van der Waals surface area contributed by atoms with Crippen LogP contribution >= 0.6 is 0 Å². The molecule has 142 valence electrons. The molecule has 1 aliphatic rings. The van der Waals surface area contributed by atoms with Crippen molar-refractivity contribution >= 4 is 10.0 Å². The monoisotopic (exact) mass is 373 g/mol. The average molecular weight is 374 g/mol. The van der Waals surface area contributed by atoms with Crippen molar-refractivity contribution in [1.29, 1.82) is 0 Å². The standard InChI is InChI=1S/C22H31NO2S/c1-4-6-7-8-9-10-11-12-21-17-20(5-2)18-23(21)26(24,25)22-15-13-19(3)14-16-22/h4-5,13-17,21H,1-2,6-12,18H2,3H3. The summed E-state index contributed by atoms with van der Waals surface area (Å²) >= 11 is 0. The lowest BCUT2D eigenvalue weighted by atomic mass is 10.1. The van der Waals surface area contributed by atoms with E-state index in [0.717, 1.165) is 36.8 Å². The number of hydrogen-bond donors (Lipinski definition) is 0. The summed E-state index contributed by atoms with van der Waals surface area (Å²) < 4.78 is 27.8. The zero-order chi connectivity index (χ0) is 19.0. The highest BCUT2D eigenvalue weighted by Gasteiger charge is 2.34. The Balaban J connectivity index is 1.98. The lowest BCUT2D eigenvalue weighted by Gasteiger charge is -2.24. The molecule has 3 nitrogen and oxygen atoms in total. The summed E-state index contributed by atoms with van der Waals surface area (Å²) in [6.07, 6.45) is 13.5. The van der Waals surface area contributed by atoms with Crippen LogP contribution in [0.1, 0.15) is 50.5 Å². The quantitative estimate of drug-likeness (QED) is 0.385. The fraction of sp³-hybridized carbons (Fsp3) is 0.455. The normalized spacial score (nSPS) is 17.9. The molecule has 1 aromatic carbocycles. The van der Waals surface area contributed by atoms with Crippen molar-refractivity contribution in [3.63, 3.8) is 0 Å². The van der Waals surface area contributed by atoms with Crippen molar-refractivity contribution in [3.8, 4) is 0 Å². The van der Waals surface area contributed by atoms with Crippen LogP contribution in [0.25, 0.3) is 0 Å². The number of hydrogen-bond acceptors (Lipinski definition) is 2. The van der Waals surface area contributed by atoms with Crippen LogP contribution in [0.5, 0.6) is 0 Å². The highest BCUT2D eigenvalue weighted by atomic mass is 32.2. The van der Waals surface area contributed by atoms with Gasteiger partial charge in [0, 0.05) is 12.6 Å². The van der Waals surface area contributed by atoms with Gasteiger partial charge in [0.25, 0.3) is 0 Å². The van der Waals surface area contributed by atoms with Gasteiger partial charge in [-0.3, -0.25) is 0 Å². The molecule has 4 heteroatoms. The maximum Gasteiger partial charge on any atom is 0.243 e. The molecule has 0 aliphatic carbocycles. The molecule has 0 bridgehead atoms. The summed E-state index contributed by atoms with van der Waals surface area (Å²) in [6.45, 7) is 9.94. The Hall–Kier alpha value is -1.65. The molecule has 0 amide bonds. The van der Waals surface area contributed by atoms with Crippen LogP contribution in [-0.2, 0) is 10.0 Å². The van der Waals surface area contributed by atoms with Gasteiger partial charge in [0.05, 0.1) is 4.90 Å². The summed E-state index contributed by atoms with van der Waals surface area (Å²) in [7, 11) is -3.48. The van der Waals surface area contributed by atoms with Crippen LogP contribution in [0, 0.1) is 6.92 Å². The third-order valence-electron chi connectivity index (χ3n) is 4.91. The molecular formula is C22H31NO2S. The SMILES string of the molecule is C=CCCCCCCCC1C=C(C=C)CN1S(=O)(=O)c1ccc(C)cc1. The van der Waals surface area contributed by atoms with Gasteiger partial charge in [-0.25, -0.2) is 8.42 Å². The van der Waals surface area contributed by atoms with Gasteiger partial charge in [-0.15, -0.1) is 6.58 Å². The fourth-order valence-electron chi connectivity index (χ4n) is 3.32. The number of nitrogens with zero attached hydrogens (tertiary/aromatic N) is 1. The fourth-order valence-corrected chi connectivity index (χ4v) is 4.91. The van der Waals surface area contributed by atoms with Gasteiger partial charge in [-0.1, -0.05) is 68.2 Å². The zero-order valence-electron chi connectivity index (χ0n) is 15.9. The van der Waals surface area contributed by atoms with E-state index in [1.54, 1.807) is 22.5 Å². The first kappa shape index (κ1) is 20.7. The molecule has 0 aromatic heterocycles. The maximum atomic E-state index is 13.1. The molecule has 0 fully saturated rings. The van der Waals surface area contributed by atoms with Crippen molar-refractivity contribution in [2.45, 2.75) is 62.8 Å². The van der Waals surface area contributed by atoms with Crippen molar-refractivity contribution in [2.24, 2.45) is 0 Å². The van der Waals surface area contributed by atoms with Gasteiger partial charge in [0.2, 0.25) is 10.0 Å². The van der Waals surface area contributed by atoms with E-state index in [0.29, 0.717) is 11.4 Å². The Kier molecular flexibility index (Phi) is 7.85. The van der Waals surface area contributed by atoms with Crippen LogP contribution in [-0.4, -0.2) is 25.3 Å². The van der Waals surface area contributed by atoms with Crippen molar-refractivity contribution in [1.82, 2.24) is 4.31 Å². The zero-order valence-corrected chi connectivity index (χ0v) is 16.7. The number of allylic oxidation sites excluding steroid dienone is 1. The topological polar surface area (TPSA) is 37.4 Å². The first-order valence-electron chi connectivity index (χ1n) is 9.51. The molecule has 0 radical (unpaired) electrons. The van der Waals surface area contributed by atoms with E-state index in [-0.39, 0.29) is 6.04 Å². The number of unbranched alkanes of at least 4 members (excludes halogenated alkanes) is 5. The molecule has 1 heterocycles. The van der Waals surface area contributed by atoms with Gasteiger partial charge in [-0.05, 0) is 43.9 Å². The van der Waals surface area contributed by atoms with Crippen molar-refractivity contribution in [3.05, 3.63) is 66.8 Å². The molecule has 0 saturated carbocycles. The Morgan fingerprint density at radius 3 is 2.38 bits per heavy atom. The van der Waals surface area contributed by atoms with E-state index in [2.05, 4.69) is 19.2 Å². The number of benzene rings is 1.